The summed E-state index contributed by atoms with van der Waals surface area (Å²) >= 11 is 2.73. The molecular formula is C28H24F6S2. The van der Waals surface area contributed by atoms with Gasteiger partial charge in [0.05, 0.1) is 9.49 Å². The first kappa shape index (κ1) is 24.5. The van der Waals surface area contributed by atoms with Gasteiger partial charge in [-0.05, 0) is 53.7 Å². The van der Waals surface area contributed by atoms with Gasteiger partial charge < -0.3 is 0 Å². The largest absolute Gasteiger partial charge is 0.380 e. The van der Waals surface area contributed by atoms with Crippen LogP contribution in [0, 0.1) is 5.92 Å². The minimum Gasteiger partial charge on any atom is -0.194 e. The van der Waals surface area contributed by atoms with Crippen molar-refractivity contribution in [3.05, 3.63) is 70.8 Å². The number of unbranched alkanes of at least 4 members (excludes halogenated alkanes) is 1. The maximum Gasteiger partial charge on any atom is 0.380 e. The summed E-state index contributed by atoms with van der Waals surface area (Å²) in [6.45, 7) is 5.78. The molecule has 0 saturated heterocycles. The lowest BCUT2D eigenvalue weighted by molar-refractivity contribution is -0.257. The van der Waals surface area contributed by atoms with E-state index >= 15 is 26.3 Å². The zero-order valence-electron chi connectivity index (χ0n) is 19.9. The molecule has 1 saturated carbocycles. The van der Waals surface area contributed by atoms with E-state index in [4.69, 9.17) is 0 Å². The van der Waals surface area contributed by atoms with E-state index in [-0.39, 0.29) is 17.1 Å². The van der Waals surface area contributed by atoms with Crippen LogP contribution in [0.2, 0.25) is 0 Å². The first-order chi connectivity index (χ1) is 16.9. The molecule has 190 valence electrons. The maximum absolute atomic E-state index is 15.8. The van der Waals surface area contributed by atoms with Crippen molar-refractivity contribution < 1.29 is 26.3 Å². The summed E-state index contributed by atoms with van der Waals surface area (Å²) in [7, 11) is 0. The highest BCUT2D eigenvalue weighted by Gasteiger charge is 2.85. The Morgan fingerprint density at radius 3 is 1.81 bits per heavy atom. The number of alkyl halides is 6. The highest BCUT2D eigenvalue weighted by atomic mass is 32.2. The van der Waals surface area contributed by atoms with Gasteiger partial charge in [0.15, 0.2) is 0 Å². The van der Waals surface area contributed by atoms with Crippen molar-refractivity contribution in [3.63, 3.8) is 0 Å². The monoisotopic (exact) mass is 538 g/mol. The van der Waals surface area contributed by atoms with Gasteiger partial charge in [-0.3, -0.25) is 0 Å². The van der Waals surface area contributed by atoms with E-state index in [1.165, 1.54) is 23.5 Å². The number of hydrogen-bond acceptors (Lipinski definition) is 2. The van der Waals surface area contributed by atoms with Crippen LogP contribution in [-0.4, -0.2) is 27.3 Å². The van der Waals surface area contributed by atoms with E-state index in [9.17, 15) is 0 Å². The first-order valence-electron chi connectivity index (χ1n) is 12.1. The molecule has 0 N–H and O–H groups in total. The van der Waals surface area contributed by atoms with E-state index in [1.54, 1.807) is 55.5 Å². The van der Waals surface area contributed by atoms with Gasteiger partial charge >= 0.3 is 17.8 Å². The van der Waals surface area contributed by atoms with Crippen molar-refractivity contribution in [2.45, 2.75) is 77.1 Å². The number of thioether (sulfide) groups is 2. The molecule has 8 heteroatoms. The normalized spacial score (nSPS) is 31.0. The lowest BCUT2D eigenvalue weighted by atomic mass is 9.63. The van der Waals surface area contributed by atoms with Crippen molar-refractivity contribution in [2.75, 3.05) is 0 Å². The third kappa shape index (κ3) is 2.53. The van der Waals surface area contributed by atoms with Gasteiger partial charge in [-0.15, -0.1) is 23.5 Å². The molecule has 2 aliphatic carbocycles. The fraction of sp³-hybridized carbons (Fsp3) is 0.429. The Balaban J connectivity index is 1.82. The van der Waals surface area contributed by atoms with Crippen molar-refractivity contribution >= 4 is 34.7 Å². The van der Waals surface area contributed by atoms with Crippen LogP contribution in [0.15, 0.2) is 69.5 Å². The van der Waals surface area contributed by atoms with Crippen LogP contribution in [0.5, 0.6) is 0 Å². The molecule has 3 atom stereocenters. The third-order valence-electron chi connectivity index (χ3n) is 8.31. The van der Waals surface area contributed by atoms with Crippen molar-refractivity contribution in [2.24, 2.45) is 5.92 Å². The van der Waals surface area contributed by atoms with Crippen LogP contribution in [-0.2, 0) is 0 Å². The molecule has 36 heavy (non-hydrogen) atoms. The van der Waals surface area contributed by atoms with Crippen LogP contribution >= 0.6 is 23.5 Å². The predicted octanol–water partition coefficient (Wildman–Crippen LogP) is 9.36. The Labute approximate surface area is 214 Å². The van der Waals surface area contributed by atoms with Gasteiger partial charge in [-0.2, -0.15) is 26.3 Å². The predicted molar refractivity (Wildman–Crippen MR) is 133 cm³/mol. The maximum atomic E-state index is 15.8. The molecule has 0 unspecified atom stereocenters. The molecule has 0 bridgehead atoms. The van der Waals surface area contributed by atoms with Gasteiger partial charge in [-0.25, -0.2) is 0 Å². The van der Waals surface area contributed by atoms with Crippen LogP contribution in [0.4, 0.5) is 26.3 Å². The van der Waals surface area contributed by atoms with Crippen LogP contribution in [0.25, 0.3) is 11.1 Å². The van der Waals surface area contributed by atoms with Crippen molar-refractivity contribution in [1.29, 1.82) is 0 Å². The van der Waals surface area contributed by atoms with E-state index < -0.39 is 38.4 Å². The molecule has 4 aliphatic rings. The Morgan fingerprint density at radius 1 is 0.722 bits per heavy atom. The number of rotatable bonds is 4. The average Bonchev–Trinajstić information content (AvgIpc) is 3.37. The topological polar surface area (TPSA) is 0 Å². The van der Waals surface area contributed by atoms with Gasteiger partial charge in [0.25, 0.3) is 0 Å². The molecule has 1 fully saturated rings. The summed E-state index contributed by atoms with van der Waals surface area (Å²) in [6.07, 6.45) is 2.33. The summed E-state index contributed by atoms with van der Waals surface area (Å²) < 4.78 is 90.9. The molecule has 6 rings (SSSR count). The van der Waals surface area contributed by atoms with Crippen molar-refractivity contribution in [3.8, 4) is 0 Å². The van der Waals surface area contributed by atoms with Gasteiger partial charge in [0.2, 0.25) is 0 Å². The molecule has 2 aliphatic heterocycles. The lowest BCUT2D eigenvalue weighted by Crippen LogP contribution is -2.53. The van der Waals surface area contributed by atoms with E-state index in [1.807, 2.05) is 13.8 Å². The second-order valence-corrected chi connectivity index (χ2v) is 13.0. The SMILES string of the molecule is CCCC[C@H](C)[C@@]12Sc3ccccc3C1=C1C(=C3c4ccccc4S[C@]32C)C(F)(F)C(F)(F)C1(F)F. The van der Waals surface area contributed by atoms with E-state index in [2.05, 4.69) is 0 Å². The molecule has 2 aromatic rings. The quantitative estimate of drug-likeness (QED) is 0.356. The number of benzene rings is 2. The van der Waals surface area contributed by atoms with Crippen LogP contribution in [0.1, 0.15) is 51.2 Å². The fourth-order valence-corrected chi connectivity index (χ4v) is 10.3. The summed E-state index contributed by atoms with van der Waals surface area (Å²) in [5, 5.41) is 0. The Morgan fingerprint density at radius 2 is 1.22 bits per heavy atom. The smallest absolute Gasteiger partial charge is 0.194 e. The molecule has 0 aromatic heterocycles. The summed E-state index contributed by atoms with van der Waals surface area (Å²) in [5.41, 5.74) is -1.72. The van der Waals surface area contributed by atoms with Crippen LogP contribution < -0.4 is 0 Å². The molecule has 0 nitrogen and oxygen atoms in total. The fourth-order valence-electron chi connectivity index (χ4n) is 6.69. The number of fused-ring (bicyclic) bond motifs is 8. The second kappa shape index (κ2) is 7.40. The van der Waals surface area contributed by atoms with Gasteiger partial charge in [-0.1, -0.05) is 63.1 Å². The highest BCUT2D eigenvalue weighted by Crippen LogP contribution is 2.79. The lowest BCUT2D eigenvalue weighted by Gasteiger charge is -2.52. The Bertz CT molecular complexity index is 1360. The zero-order valence-corrected chi connectivity index (χ0v) is 21.5. The van der Waals surface area contributed by atoms with Gasteiger partial charge in [0, 0.05) is 20.9 Å². The first-order valence-corrected chi connectivity index (χ1v) is 13.7. The van der Waals surface area contributed by atoms with E-state index in [0.29, 0.717) is 27.3 Å². The second-order valence-electron chi connectivity index (χ2n) is 10.2. The standard InChI is InChI=1S/C28H24F6S2/c1-4-5-10-15(2)25-21(17-12-7-9-14-19(17)36-25)23-22(26(29,30)28(33,34)27(23,31)32)20-16-11-6-8-13-18(16)35-24(20,25)3/h6-9,11-15H,4-5,10H2,1-3H3/t15-,24+,25+/m0/s1. The highest BCUT2D eigenvalue weighted by molar-refractivity contribution is 8.06. The number of hydrogen-bond donors (Lipinski definition) is 0. The Kier molecular flexibility index (Phi) is 5.04. The number of allylic oxidation sites excluding steroid dienone is 2. The summed E-state index contributed by atoms with van der Waals surface area (Å²) in [4.78, 5) is 1.31. The zero-order chi connectivity index (χ0) is 25.9. The molecular weight excluding hydrogens is 514 g/mol. The van der Waals surface area contributed by atoms with E-state index in [0.717, 1.165) is 12.8 Å². The third-order valence-corrected chi connectivity index (χ3v) is 11.9. The molecule has 0 radical (unpaired) electrons. The minimum atomic E-state index is -5.54. The minimum absolute atomic E-state index is 0.0323. The Hall–Kier alpha value is -1.80. The van der Waals surface area contributed by atoms with Gasteiger partial charge in [0.1, 0.15) is 0 Å². The van der Waals surface area contributed by atoms with Crippen LogP contribution in [0.3, 0.4) is 0 Å². The molecule has 0 amide bonds. The molecule has 2 heterocycles. The summed E-state index contributed by atoms with van der Waals surface area (Å²) in [6, 6.07) is 13.6. The molecule has 2 aromatic carbocycles. The van der Waals surface area contributed by atoms with Crippen molar-refractivity contribution in [1.82, 2.24) is 0 Å². The summed E-state index contributed by atoms with van der Waals surface area (Å²) in [5.74, 6) is -15.8. The average molecular weight is 539 g/mol. The molecule has 0 spiro atoms. The number of halogens is 6.